The maximum atomic E-state index is 11.1. The number of esters is 2. The molecule has 100 valence electrons. The number of ether oxygens (including phenoxy) is 1. The van der Waals surface area contributed by atoms with Crippen LogP contribution in [0.4, 0.5) is 0 Å². The molecule has 0 aromatic rings. The third-order valence-electron chi connectivity index (χ3n) is 1.73. The van der Waals surface area contributed by atoms with Gasteiger partial charge in [0.05, 0.1) is 0 Å². The summed E-state index contributed by atoms with van der Waals surface area (Å²) in [6.07, 6.45) is -1.72. The van der Waals surface area contributed by atoms with E-state index in [9.17, 15) is 24.0 Å². The Hall–Kier alpha value is -2.29. The van der Waals surface area contributed by atoms with Crippen molar-refractivity contribution >= 4 is 29.7 Å². The number of nitrogens with two attached hydrogens (primary N) is 1. The molecule has 0 saturated carbocycles. The van der Waals surface area contributed by atoms with Crippen LogP contribution in [-0.4, -0.2) is 45.9 Å². The minimum atomic E-state index is -1.82. The summed E-state index contributed by atoms with van der Waals surface area (Å²) in [6.45, 7) is 0. The molecule has 0 aliphatic carbocycles. The van der Waals surface area contributed by atoms with Gasteiger partial charge in [-0.3, -0.25) is 14.4 Å². The summed E-state index contributed by atoms with van der Waals surface area (Å²) in [6, 6.07) is -1.33. The van der Waals surface area contributed by atoms with Crippen molar-refractivity contribution in [3.63, 3.8) is 0 Å². The fourth-order valence-electron chi connectivity index (χ4n) is 0.828. The molecule has 4 N–H and O–H groups in total. The number of carbonyl (C=O) groups excluding carboxylic acids is 3. The van der Waals surface area contributed by atoms with Crippen molar-refractivity contribution in [3.05, 3.63) is 0 Å². The lowest BCUT2D eigenvalue weighted by atomic mass is 10.2. The lowest BCUT2D eigenvalue weighted by molar-refractivity contribution is -0.163. The van der Waals surface area contributed by atoms with Crippen molar-refractivity contribution in [2.45, 2.75) is 25.3 Å². The van der Waals surface area contributed by atoms with Gasteiger partial charge in [-0.25, -0.2) is 9.59 Å². The van der Waals surface area contributed by atoms with Gasteiger partial charge in [-0.15, -0.1) is 0 Å². The van der Waals surface area contributed by atoms with E-state index >= 15 is 0 Å². The molecule has 0 spiro atoms. The van der Waals surface area contributed by atoms with E-state index in [1.165, 1.54) is 0 Å². The quantitative estimate of drug-likeness (QED) is 0.275. The molecule has 0 radical (unpaired) electrons. The third kappa shape index (κ3) is 6.33. The van der Waals surface area contributed by atoms with Gasteiger partial charge in [0.15, 0.2) is 0 Å². The van der Waals surface area contributed by atoms with Crippen molar-refractivity contribution in [2.24, 2.45) is 5.73 Å². The molecule has 18 heavy (non-hydrogen) atoms. The van der Waals surface area contributed by atoms with Gasteiger partial charge in [0.2, 0.25) is 0 Å². The SMILES string of the molecule is N[C@@H](CCC(=O)O)C(=O)OC(=O)CC(=O)C(=O)O. The average Bonchev–Trinajstić information content (AvgIpc) is 2.24. The molecule has 1 atom stereocenters. The van der Waals surface area contributed by atoms with Crippen LogP contribution in [0.15, 0.2) is 0 Å². The Bertz CT molecular complexity index is 388. The zero-order valence-electron chi connectivity index (χ0n) is 9.12. The van der Waals surface area contributed by atoms with Gasteiger partial charge < -0.3 is 20.7 Å². The van der Waals surface area contributed by atoms with Gasteiger partial charge in [-0.05, 0) is 6.42 Å². The van der Waals surface area contributed by atoms with E-state index in [1.807, 2.05) is 0 Å². The Labute approximate surface area is 101 Å². The summed E-state index contributed by atoms with van der Waals surface area (Å²) in [5.74, 6) is -6.98. The average molecular weight is 261 g/mol. The smallest absolute Gasteiger partial charge is 0.372 e. The highest BCUT2D eigenvalue weighted by molar-refractivity contribution is 6.36. The molecule has 0 aliphatic heterocycles. The van der Waals surface area contributed by atoms with Crippen LogP contribution in [-0.2, 0) is 28.7 Å². The zero-order chi connectivity index (χ0) is 14.3. The highest BCUT2D eigenvalue weighted by atomic mass is 16.6. The summed E-state index contributed by atoms with van der Waals surface area (Å²) in [4.78, 5) is 52.9. The number of hydrogen-bond donors (Lipinski definition) is 3. The summed E-state index contributed by atoms with van der Waals surface area (Å²) in [5.41, 5.74) is 5.21. The van der Waals surface area contributed by atoms with Crippen LogP contribution in [0.5, 0.6) is 0 Å². The maximum Gasteiger partial charge on any atom is 0.372 e. The molecule has 0 bridgehead atoms. The first kappa shape index (κ1) is 15.7. The van der Waals surface area contributed by atoms with Crippen LogP contribution in [0.2, 0.25) is 0 Å². The zero-order valence-corrected chi connectivity index (χ0v) is 9.12. The Morgan fingerprint density at radius 1 is 1.11 bits per heavy atom. The van der Waals surface area contributed by atoms with Gasteiger partial charge in [0.25, 0.3) is 5.78 Å². The second-order valence-corrected chi connectivity index (χ2v) is 3.24. The number of carboxylic acid groups (broad SMARTS) is 2. The second kappa shape index (κ2) is 7.12. The molecular weight excluding hydrogens is 250 g/mol. The van der Waals surface area contributed by atoms with Crippen LogP contribution in [0.25, 0.3) is 0 Å². The van der Waals surface area contributed by atoms with Crippen LogP contribution in [0.1, 0.15) is 19.3 Å². The first-order valence-electron chi connectivity index (χ1n) is 4.72. The summed E-state index contributed by atoms with van der Waals surface area (Å²) in [7, 11) is 0. The molecule has 0 fully saturated rings. The molecule has 0 heterocycles. The van der Waals surface area contributed by atoms with E-state index < -0.39 is 48.5 Å². The van der Waals surface area contributed by atoms with Gasteiger partial charge >= 0.3 is 23.9 Å². The molecule has 0 rings (SSSR count). The van der Waals surface area contributed by atoms with Gasteiger partial charge in [-0.2, -0.15) is 0 Å². The molecule has 9 nitrogen and oxygen atoms in total. The molecule has 0 unspecified atom stereocenters. The Balaban J connectivity index is 4.14. The Morgan fingerprint density at radius 2 is 1.67 bits per heavy atom. The highest BCUT2D eigenvalue weighted by Gasteiger charge is 2.23. The number of carboxylic acids is 2. The van der Waals surface area contributed by atoms with Gasteiger partial charge in [0.1, 0.15) is 12.5 Å². The summed E-state index contributed by atoms with van der Waals surface area (Å²) < 4.78 is 4.09. The van der Waals surface area contributed by atoms with Crippen LogP contribution in [0.3, 0.4) is 0 Å². The highest BCUT2D eigenvalue weighted by Crippen LogP contribution is 1.99. The fourth-order valence-corrected chi connectivity index (χ4v) is 0.828. The van der Waals surface area contributed by atoms with E-state index in [-0.39, 0.29) is 6.42 Å². The number of Topliss-reactive ketones (excluding diaryl/α,β-unsaturated/α-hetero) is 1. The monoisotopic (exact) mass is 261 g/mol. The van der Waals surface area contributed by atoms with Crippen LogP contribution < -0.4 is 5.73 Å². The summed E-state index contributed by atoms with van der Waals surface area (Å²) in [5, 5.41) is 16.5. The first-order valence-corrected chi connectivity index (χ1v) is 4.72. The molecule has 0 amide bonds. The normalized spacial score (nSPS) is 11.4. The Kier molecular flexibility index (Phi) is 6.21. The topological polar surface area (TPSA) is 161 Å². The van der Waals surface area contributed by atoms with Crippen molar-refractivity contribution in [2.75, 3.05) is 0 Å². The minimum Gasteiger partial charge on any atom is -0.481 e. The summed E-state index contributed by atoms with van der Waals surface area (Å²) >= 11 is 0. The third-order valence-corrected chi connectivity index (χ3v) is 1.73. The van der Waals surface area contributed by atoms with E-state index in [0.717, 1.165) is 0 Å². The van der Waals surface area contributed by atoms with E-state index in [1.54, 1.807) is 0 Å². The number of rotatable bonds is 7. The van der Waals surface area contributed by atoms with E-state index in [2.05, 4.69) is 4.74 Å². The Morgan fingerprint density at radius 3 is 2.11 bits per heavy atom. The van der Waals surface area contributed by atoms with Crippen LogP contribution >= 0.6 is 0 Å². The standard InChI is InChI=1S/C9H11NO8/c10-4(1-2-6(12)13)9(17)18-7(14)3-5(11)8(15)16/h4H,1-3,10H2,(H,12,13)(H,15,16)/t4-/m0/s1. The molecule has 0 aromatic heterocycles. The lowest BCUT2D eigenvalue weighted by Gasteiger charge is -2.08. The first-order chi connectivity index (χ1) is 8.23. The minimum absolute atomic E-state index is 0.242. The van der Waals surface area contributed by atoms with Crippen LogP contribution in [0, 0.1) is 0 Å². The predicted molar refractivity (Wildman–Crippen MR) is 53.2 cm³/mol. The molecule has 0 aromatic carbocycles. The van der Waals surface area contributed by atoms with Gasteiger partial charge in [-0.1, -0.05) is 0 Å². The molecular formula is C9H11NO8. The number of ketones is 1. The maximum absolute atomic E-state index is 11.1. The van der Waals surface area contributed by atoms with Crippen molar-refractivity contribution in [1.82, 2.24) is 0 Å². The second-order valence-electron chi connectivity index (χ2n) is 3.24. The predicted octanol–water partition coefficient (Wildman–Crippen LogP) is -1.71. The lowest BCUT2D eigenvalue weighted by Crippen LogP contribution is -2.35. The van der Waals surface area contributed by atoms with E-state index in [4.69, 9.17) is 15.9 Å². The molecule has 9 heteroatoms. The number of hydrogen-bond acceptors (Lipinski definition) is 7. The van der Waals surface area contributed by atoms with Crippen molar-refractivity contribution in [1.29, 1.82) is 0 Å². The number of carbonyl (C=O) groups is 5. The van der Waals surface area contributed by atoms with E-state index in [0.29, 0.717) is 0 Å². The molecule has 0 aliphatic rings. The van der Waals surface area contributed by atoms with Gasteiger partial charge in [0, 0.05) is 6.42 Å². The molecule has 0 saturated heterocycles. The van der Waals surface area contributed by atoms with Crippen molar-refractivity contribution in [3.8, 4) is 0 Å². The fraction of sp³-hybridized carbons (Fsp3) is 0.444. The number of aliphatic carboxylic acids is 2. The van der Waals surface area contributed by atoms with Crippen molar-refractivity contribution < 1.29 is 38.9 Å². The largest absolute Gasteiger partial charge is 0.481 e.